The molecule has 162 valence electrons. The molecule has 0 aliphatic carbocycles. The van der Waals surface area contributed by atoms with Crippen LogP contribution in [0.1, 0.15) is 21.9 Å². The maximum Gasteiger partial charge on any atom is 0.276 e. The van der Waals surface area contributed by atoms with Gasteiger partial charge in [-0.2, -0.15) is 4.98 Å². The lowest BCUT2D eigenvalue weighted by Crippen LogP contribution is -2.48. The number of hydrogen-bond donors (Lipinski definition) is 0. The highest BCUT2D eigenvalue weighted by Gasteiger charge is 2.25. The van der Waals surface area contributed by atoms with Crippen molar-refractivity contribution in [1.82, 2.24) is 30.1 Å². The first-order valence-corrected chi connectivity index (χ1v) is 10.4. The zero-order valence-electron chi connectivity index (χ0n) is 17.6. The minimum atomic E-state index is -0.131. The van der Waals surface area contributed by atoms with Gasteiger partial charge in [0.15, 0.2) is 11.5 Å². The zero-order valence-corrected chi connectivity index (χ0v) is 17.6. The van der Waals surface area contributed by atoms with Crippen molar-refractivity contribution in [2.24, 2.45) is 0 Å². The molecule has 0 unspecified atom stereocenters. The van der Waals surface area contributed by atoms with Crippen molar-refractivity contribution in [2.75, 3.05) is 26.2 Å². The number of rotatable bonds is 5. The normalized spacial score (nSPS) is 14.6. The average Bonchev–Trinajstić information content (AvgIpc) is 3.51. The Labute approximate surface area is 184 Å². The van der Waals surface area contributed by atoms with Gasteiger partial charge in [0, 0.05) is 55.8 Å². The average molecular weight is 430 g/mol. The van der Waals surface area contributed by atoms with E-state index in [-0.39, 0.29) is 5.91 Å². The molecule has 3 aromatic heterocycles. The number of nitrogens with zero attached hydrogens (tertiary/aromatic N) is 6. The molecule has 9 nitrogen and oxygen atoms in total. The van der Waals surface area contributed by atoms with Crippen molar-refractivity contribution in [2.45, 2.75) is 13.5 Å². The molecule has 0 radical (unpaired) electrons. The standard InChI is InChI=1S/C23H22N6O3/c1-16-2-4-18(5-3-16)22-25-21(32-27-22)15-28-10-12-29(13-11-28)23(30)19-14-20(31-26-19)17-6-8-24-9-7-17/h2-9,14H,10-13,15H2,1H3. The Hall–Kier alpha value is -3.85. The minimum Gasteiger partial charge on any atom is -0.355 e. The van der Waals surface area contributed by atoms with Gasteiger partial charge in [0.05, 0.1) is 6.54 Å². The number of aromatic nitrogens is 4. The highest BCUT2D eigenvalue weighted by Crippen LogP contribution is 2.21. The fourth-order valence-corrected chi connectivity index (χ4v) is 3.63. The van der Waals surface area contributed by atoms with E-state index in [4.69, 9.17) is 9.05 Å². The van der Waals surface area contributed by atoms with Crippen molar-refractivity contribution in [3.8, 4) is 22.7 Å². The second-order valence-corrected chi connectivity index (χ2v) is 7.76. The second kappa shape index (κ2) is 8.72. The highest BCUT2D eigenvalue weighted by atomic mass is 16.5. The summed E-state index contributed by atoms with van der Waals surface area (Å²) in [5.41, 5.74) is 3.26. The van der Waals surface area contributed by atoms with E-state index in [2.05, 4.69) is 25.2 Å². The number of pyridine rings is 1. The van der Waals surface area contributed by atoms with Crippen molar-refractivity contribution < 1.29 is 13.8 Å². The Morgan fingerprint density at radius 3 is 2.44 bits per heavy atom. The van der Waals surface area contributed by atoms with Gasteiger partial charge in [0.2, 0.25) is 11.7 Å². The minimum absolute atomic E-state index is 0.131. The largest absolute Gasteiger partial charge is 0.355 e. The molecule has 1 aliphatic rings. The first kappa shape index (κ1) is 20.1. The van der Waals surface area contributed by atoms with Crippen molar-refractivity contribution in [1.29, 1.82) is 0 Å². The molecule has 0 spiro atoms. The Morgan fingerprint density at radius 2 is 1.69 bits per heavy atom. The Morgan fingerprint density at radius 1 is 0.938 bits per heavy atom. The van der Waals surface area contributed by atoms with Crippen molar-refractivity contribution in [3.05, 3.63) is 72.0 Å². The van der Waals surface area contributed by atoms with Gasteiger partial charge in [-0.3, -0.25) is 14.7 Å². The van der Waals surface area contributed by atoms with E-state index in [9.17, 15) is 4.79 Å². The summed E-state index contributed by atoms with van der Waals surface area (Å²) in [6.07, 6.45) is 3.34. The van der Waals surface area contributed by atoms with Crippen LogP contribution in [0.3, 0.4) is 0 Å². The lowest BCUT2D eigenvalue weighted by Gasteiger charge is -2.33. The first-order valence-electron chi connectivity index (χ1n) is 10.4. The number of carbonyl (C=O) groups excluding carboxylic acids is 1. The van der Waals surface area contributed by atoms with E-state index in [1.165, 1.54) is 5.56 Å². The highest BCUT2D eigenvalue weighted by molar-refractivity contribution is 5.93. The van der Waals surface area contributed by atoms with Crippen LogP contribution in [0.4, 0.5) is 0 Å². The molecule has 1 aromatic carbocycles. The van der Waals surface area contributed by atoms with Crippen LogP contribution in [-0.2, 0) is 6.54 Å². The van der Waals surface area contributed by atoms with Gasteiger partial charge in [-0.05, 0) is 19.1 Å². The molecule has 1 amide bonds. The third-order valence-electron chi connectivity index (χ3n) is 5.49. The molecule has 1 fully saturated rings. The summed E-state index contributed by atoms with van der Waals surface area (Å²) in [5.74, 6) is 1.58. The molecule has 1 aliphatic heterocycles. The molecule has 9 heteroatoms. The Bertz CT molecular complexity index is 1190. The van der Waals surface area contributed by atoms with Gasteiger partial charge in [0.1, 0.15) is 0 Å². The summed E-state index contributed by atoms with van der Waals surface area (Å²) in [6, 6.07) is 13.3. The molecule has 0 N–H and O–H groups in total. The van der Waals surface area contributed by atoms with Crippen LogP contribution in [0.25, 0.3) is 22.7 Å². The molecule has 0 atom stereocenters. The summed E-state index contributed by atoms with van der Waals surface area (Å²) in [6.45, 7) is 5.20. The van der Waals surface area contributed by atoms with Crippen LogP contribution >= 0.6 is 0 Å². The molecule has 5 rings (SSSR count). The maximum absolute atomic E-state index is 12.8. The van der Waals surface area contributed by atoms with Crippen LogP contribution < -0.4 is 0 Å². The smallest absolute Gasteiger partial charge is 0.276 e. The molecule has 0 bridgehead atoms. The lowest BCUT2D eigenvalue weighted by atomic mass is 10.1. The van der Waals surface area contributed by atoms with Crippen LogP contribution in [0.5, 0.6) is 0 Å². The van der Waals surface area contributed by atoms with Crippen LogP contribution in [-0.4, -0.2) is 62.2 Å². The van der Waals surface area contributed by atoms with E-state index in [0.29, 0.717) is 55.9 Å². The Balaban J connectivity index is 1.17. The summed E-state index contributed by atoms with van der Waals surface area (Å²) in [4.78, 5) is 25.3. The van der Waals surface area contributed by atoms with E-state index in [1.807, 2.05) is 43.3 Å². The van der Waals surface area contributed by atoms with Gasteiger partial charge in [0.25, 0.3) is 5.91 Å². The molecular formula is C23H22N6O3. The predicted molar refractivity (Wildman–Crippen MR) is 115 cm³/mol. The number of hydrogen-bond acceptors (Lipinski definition) is 8. The van der Waals surface area contributed by atoms with Gasteiger partial charge >= 0.3 is 0 Å². The number of aryl methyl sites for hydroxylation is 1. The van der Waals surface area contributed by atoms with E-state index in [1.54, 1.807) is 23.4 Å². The van der Waals surface area contributed by atoms with Gasteiger partial charge in [-0.1, -0.05) is 40.1 Å². The molecular weight excluding hydrogens is 408 g/mol. The van der Waals surface area contributed by atoms with Crippen LogP contribution in [0.2, 0.25) is 0 Å². The van der Waals surface area contributed by atoms with Crippen LogP contribution in [0.15, 0.2) is 63.9 Å². The third-order valence-corrected chi connectivity index (χ3v) is 5.49. The topological polar surface area (TPSA) is 101 Å². The molecule has 4 aromatic rings. The number of amides is 1. The maximum atomic E-state index is 12.8. The van der Waals surface area contributed by atoms with Gasteiger partial charge in [-0.25, -0.2) is 0 Å². The molecule has 0 saturated carbocycles. The third kappa shape index (κ3) is 4.28. The van der Waals surface area contributed by atoms with Gasteiger partial charge < -0.3 is 13.9 Å². The SMILES string of the molecule is Cc1ccc(-c2noc(CN3CCN(C(=O)c4cc(-c5ccncc5)on4)CC3)n2)cc1. The predicted octanol–water partition coefficient (Wildman–Crippen LogP) is 3.05. The Kier molecular flexibility index (Phi) is 5.47. The van der Waals surface area contributed by atoms with E-state index < -0.39 is 0 Å². The number of carbonyl (C=O) groups is 1. The summed E-state index contributed by atoms with van der Waals surface area (Å²) < 4.78 is 10.8. The van der Waals surface area contributed by atoms with Crippen molar-refractivity contribution >= 4 is 5.91 Å². The summed E-state index contributed by atoms with van der Waals surface area (Å²) in [5, 5.41) is 8.05. The van der Waals surface area contributed by atoms with E-state index >= 15 is 0 Å². The van der Waals surface area contributed by atoms with Crippen LogP contribution in [0, 0.1) is 6.92 Å². The molecule has 1 saturated heterocycles. The second-order valence-electron chi connectivity index (χ2n) is 7.76. The number of benzene rings is 1. The fraction of sp³-hybridized carbons (Fsp3) is 0.261. The van der Waals surface area contributed by atoms with Gasteiger partial charge in [-0.15, -0.1) is 0 Å². The lowest BCUT2D eigenvalue weighted by molar-refractivity contribution is 0.0605. The summed E-state index contributed by atoms with van der Waals surface area (Å²) in [7, 11) is 0. The molecule has 4 heterocycles. The monoisotopic (exact) mass is 430 g/mol. The van der Waals surface area contributed by atoms with Crippen molar-refractivity contribution in [3.63, 3.8) is 0 Å². The molecule has 32 heavy (non-hydrogen) atoms. The zero-order chi connectivity index (χ0) is 21.9. The van der Waals surface area contributed by atoms with E-state index in [0.717, 1.165) is 11.1 Å². The quantitative estimate of drug-likeness (QED) is 0.476. The number of piperazine rings is 1. The first-order chi connectivity index (χ1) is 15.7. The fourth-order valence-electron chi connectivity index (χ4n) is 3.63. The summed E-state index contributed by atoms with van der Waals surface area (Å²) >= 11 is 0.